The number of hydrazine groups is 1. The van der Waals surface area contributed by atoms with Gasteiger partial charge in [-0.3, -0.25) is 14.5 Å². The third-order valence-corrected chi connectivity index (χ3v) is 5.28. The van der Waals surface area contributed by atoms with E-state index >= 15 is 0 Å². The second kappa shape index (κ2) is 7.60. The Hall–Kier alpha value is -2.72. The lowest BCUT2D eigenvalue weighted by molar-refractivity contribution is -0.137. The second-order valence-corrected chi connectivity index (χ2v) is 7.09. The number of hydrogen-bond acceptors (Lipinski definition) is 5. The summed E-state index contributed by atoms with van der Waals surface area (Å²) in [6.07, 6.45) is -2.62. The van der Waals surface area contributed by atoms with E-state index in [9.17, 15) is 18.0 Å². The first-order chi connectivity index (χ1) is 13.5. The quantitative estimate of drug-likeness (QED) is 0.579. The Balaban J connectivity index is 1.89. The van der Waals surface area contributed by atoms with Crippen molar-refractivity contribution in [3.8, 4) is 0 Å². The van der Waals surface area contributed by atoms with Crippen molar-refractivity contribution in [1.29, 1.82) is 0 Å². The fraction of sp³-hybridized carbons (Fsp3) is 0.333. The lowest BCUT2D eigenvalue weighted by Gasteiger charge is -2.37. The minimum absolute atomic E-state index is 0.211. The maximum Gasteiger partial charge on any atom is 0.417 e. The lowest BCUT2D eigenvalue weighted by Crippen LogP contribution is -2.49. The van der Waals surface area contributed by atoms with Crippen molar-refractivity contribution in [3.05, 3.63) is 58.0 Å². The number of rotatable bonds is 3. The molecule has 0 saturated carbocycles. The first-order valence-corrected chi connectivity index (χ1v) is 9.09. The van der Waals surface area contributed by atoms with Crippen molar-refractivity contribution >= 4 is 23.3 Å². The van der Waals surface area contributed by atoms with E-state index < -0.39 is 28.7 Å². The van der Waals surface area contributed by atoms with Crippen LogP contribution in [0.5, 0.6) is 0 Å². The molecule has 0 saturated heterocycles. The van der Waals surface area contributed by atoms with Gasteiger partial charge in [0.2, 0.25) is 0 Å². The van der Waals surface area contributed by atoms with Gasteiger partial charge < -0.3 is 10.6 Å². The summed E-state index contributed by atoms with van der Waals surface area (Å²) in [5.74, 6) is 5.99. The third-order valence-electron chi connectivity index (χ3n) is 4.87. The highest BCUT2D eigenvalue weighted by atomic mass is 35.5. The summed E-state index contributed by atoms with van der Waals surface area (Å²) in [5, 5.41) is 4.94. The molecule has 0 spiro atoms. The lowest BCUT2D eigenvalue weighted by atomic mass is 10.0. The Kier molecular flexibility index (Phi) is 5.50. The van der Waals surface area contributed by atoms with Crippen LogP contribution < -0.4 is 16.6 Å². The predicted molar refractivity (Wildman–Crippen MR) is 103 cm³/mol. The van der Waals surface area contributed by atoms with Crippen molar-refractivity contribution in [2.24, 2.45) is 18.6 Å². The Morgan fingerprint density at radius 3 is 2.62 bits per heavy atom. The molecule has 11 heteroatoms. The van der Waals surface area contributed by atoms with Crippen LogP contribution in [0.2, 0.25) is 5.02 Å². The molecule has 1 aliphatic rings. The third kappa shape index (κ3) is 3.90. The van der Waals surface area contributed by atoms with Gasteiger partial charge >= 0.3 is 6.18 Å². The monoisotopic (exact) mass is 428 g/mol. The molecule has 156 valence electrons. The van der Waals surface area contributed by atoms with E-state index in [4.69, 9.17) is 23.2 Å². The summed E-state index contributed by atoms with van der Waals surface area (Å²) in [4.78, 5) is 14.3. The van der Waals surface area contributed by atoms with Crippen LogP contribution in [0.3, 0.4) is 0 Å². The minimum atomic E-state index is -4.66. The predicted octanol–water partition coefficient (Wildman–Crippen LogP) is 2.88. The van der Waals surface area contributed by atoms with Gasteiger partial charge in [0.25, 0.3) is 5.91 Å². The number of carbonyl (C=O) groups excluding carboxylic acids is 1. The van der Waals surface area contributed by atoms with Crippen molar-refractivity contribution in [3.63, 3.8) is 0 Å². The highest BCUT2D eigenvalue weighted by molar-refractivity contribution is 6.34. The molecule has 29 heavy (non-hydrogen) atoms. The molecule has 1 amide bonds. The van der Waals surface area contributed by atoms with Crippen LogP contribution in [0, 0.1) is 0 Å². The van der Waals surface area contributed by atoms with Gasteiger partial charge in [0, 0.05) is 32.3 Å². The van der Waals surface area contributed by atoms with Crippen molar-refractivity contribution in [2.45, 2.75) is 25.6 Å². The molecule has 4 N–H and O–H groups in total. The summed E-state index contributed by atoms with van der Waals surface area (Å²) in [5.41, 5.74) is 5.88. The van der Waals surface area contributed by atoms with Crippen LogP contribution in [0.1, 0.15) is 29.3 Å². The van der Waals surface area contributed by atoms with E-state index in [0.717, 1.165) is 12.1 Å². The first kappa shape index (κ1) is 21.0. The van der Waals surface area contributed by atoms with Crippen LogP contribution in [0.25, 0.3) is 0 Å². The number of hydrogen-bond donors (Lipinski definition) is 2. The molecule has 1 aromatic carbocycles. The summed E-state index contributed by atoms with van der Waals surface area (Å²) in [6.45, 7) is 1.89. The van der Waals surface area contributed by atoms with Gasteiger partial charge in [0.05, 0.1) is 33.6 Å². The number of halogens is 4. The van der Waals surface area contributed by atoms with Crippen LogP contribution in [-0.2, 0) is 13.2 Å². The topological polar surface area (TPSA) is 93.4 Å². The molecule has 2 aromatic rings. The molecule has 0 fully saturated rings. The highest BCUT2D eigenvalue weighted by Crippen LogP contribution is 2.37. The molecule has 0 unspecified atom stereocenters. The van der Waals surface area contributed by atoms with Gasteiger partial charge in [0.1, 0.15) is 0 Å². The van der Waals surface area contributed by atoms with E-state index in [1.54, 1.807) is 30.9 Å². The highest BCUT2D eigenvalue weighted by Gasteiger charge is 2.37. The summed E-state index contributed by atoms with van der Waals surface area (Å²) in [7, 11) is 1.75. The maximum atomic E-state index is 13.1. The zero-order valence-electron chi connectivity index (χ0n) is 15.7. The van der Waals surface area contributed by atoms with Crippen molar-refractivity contribution in [1.82, 2.24) is 14.7 Å². The van der Waals surface area contributed by atoms with Crippen LogP contribution in [0.15, 0.2) is 41.9 Å². The van der Waals surface area contributed by atoms with Crippen LogP contribution >= 0.6 is 11.6 Å². The van der Waals surface area contributed by atoms with E-state index in [0.29, 0.717) is 23.6 Å². The Bertz CT molecular complexity index is 971. The average Bonchev–Trinajstić information content (AvgIpc) is 3.08. The number of anilines is 1. The second-order valence-electron chi connectivity index (χ2n) is 6.71. The van der Waals surface area contributed by atoms with E-state index in [1.807, 2.05) is 0 Å². The number of benzene rings is 1. The summed E-state index contributed by atoms with van der Waals surface area (Å²) < 4.78 is 40.9. The fourth-order valence-corrected chi connectivity index (χ4v) is 3.56. The van der Waals surface area contributed by atoms with Crippen LogP contribution in [-0.4, -0.2) is 33.2 Å². The molecular formula is C18H20ClF3N6O. The van der Waals surface area contributed by atoms with E-state index in [-0.39, 0.29) is 12.1 Å². The molecule has 0 radical (unpaired) electrons. The van der Waals surface area contributed by atoms with Gasteiger partial charge in [-0.25, -0.2) is 5.84 Å². The standard InChI is InChI=1S/C18H20ClF3N6O/c1-10-16(23)13(28(24)14-7-8-26(2)25-14)6-9-27(10)17(29)11-4-3-5-12(15(11)19)18(20,21)22/h3-5,7-8,10H,6,9,23-24H2,1-2H3/t10-/m1/s1. The largest absolute Gasteiger partial charge is 0.417 e. The number of nitrogens with two attached hydrogens (primary N) is 2. The molecule has 3 rings (SSSR count). The number of aryl methyl sites for hydroxylation is 1. The van der Waals surface area contributed by atoms with Gasteiger partial charge in [-0.05, 0) is 19.1 Å². The average molecular weight is 429 g/mol. The summed E-state index contributed by atoms with van der Waals surface area (Å²) in [6, 6.07) is 4.39. The number of nitrogens with zero attached hydrogens (tertiary/aromatic N) is 4. The first-order valence-electron chi connectivity index (χ1n) is 8.72. The number of aromatic nitrogens is 2. The zero-order valence-corrected chi connectivity index (χ0v) is 16.5. The normalized spacial score (nSPS) is 17.6. The van der Waals surface area contributed by atoms with Crippen LogP contribution in [0.4, 0.5) is 19.0 Å². The molecule has 1 aromatic heterocycles. The maximum absolute atomic E-state index is 13.1. The molecule has 1 aliphatic heterocycles. The molecular weight excluding hydrogens is 409 g/mol. The summed E-state index contributed by atoms with van der Waals surface area (Å²) >= 11 is 5.90. The molecule has 0 bridgehead atoms. The minimum Gasteiger partial charge on any atom is -0.399 e. The molecule has 7 nitrogen and oxygen atoms in total. The van der Waals surface area contributed by atoms with Crippen molar-refractivity contribution < 1.29 is 18.0 Å². The number of carbonyl (C=O) groups is 1. The Morgan fingerprint density at radius 2 is 2.03 bits per heavy atom. The fourth-order valence-electron chi connectivity index (χ4n) is 3.25. The molecule has 0 aliphatic carbocycles. The smallest absolute Gasteiger partial charge is 0.399 e. The zero-order chi connectivity index (χ0) is 21.5. The number of alkyl halides is 3. The van der Waals surface area contributed by atoms with Crippen molar-refractivity contribution in [2.75, 3.05) is 11.6 Å². The van der Waals surface area contributed by atoms with Gasteiger partial charge in [-0.15, -0.1) is 0 Å². The number of amides is 1. The Labute approximate surface area is 170 Å². The van der Waals surface area contributed by atoms with Gasteiger partial charge in [0.15, 0.2) is 5.82 Å². The van der Waals surface area contributed by atoms with E-state index in [1.165, 1.54) is 16.0 Å². The SMILES string of the molecule is C[C@@H]1C(N)=C(N(N)c2ccn(C)n2)CCN1C(=O)c1cccc(C(F)(F)F)c1Cl. The molecule has 2 heterocycles. The van der Waals surface area contributed by atoms with Gasteiger partial charge in [-0.1, -0.05) is 17.7 Å². The molecule has 1 atom stereocenters. The Morgan fingerprint density at radius 1 is 1.34 bits per heavy atom. The van der Waals surface area contributed by atoms with Gasteiger partial charge in [-0.2, -0.15) is 18.3 Å². The van der Waals surface area contributed by atoms with E-state index in [2.05, 4.69) is 5.10 Å².